The third-order valence-electron chi connectivity index (χ3n) is 3.93. The highest BCUT2D eigenvalue weighted by atomic mass is 35.5. The van der Waals surface area contributed by atoms with Crippen LogP contribution in [0.3, 0.4) is 0 Å². The van der Waals surface area contributed by atoms with Crippen LogP contribution in [0.25, 0.3) is 0 Å². The lowest BCUT2D eigenvalue weighted by Gasteiger charge is -2.27. The molecule has 128 valence electrons. The van der Waals surface area contributed by atoms with Crippen molar-refractivity contribution in [1.82, 2.24) is 14.9 Å². The van der Waals surface area contributed by atoms with Crippen molar-refractivity contribution < 1.29 is 13.2 Å². The number of sulfonamides is 1. The summed E-state index contributed by atoms with van der Waals surface area (Å²) in [4.78, 5) is 14.4. The molecule has 1 heterocycles. The second-order valence-electron chi connectivity index (χ2n) is 5.68. The Morgan fingerprint density at radius 3 is 2.65 bits per heavy atom. The summed E-state index contributed by atoms with van der Waals surface area (Å²) in [6.45, 7) is 2.95. The van der Waals surface area contributed by atoms with E-state index >= 15 is 0 Å². The van der Waals surface area contributed by atoms with E-state index in [2.05, 4.69) is 10.0 Å². The molecule has 1 aliphatic rings. The highest BCUT2D eigenvalue weighted by molar-refractivity contribution is 7.89. The molecule has 1 amide bonds. The summed E-state index contributed by atoms with van der Waals surface area (Å²) < 4.78 is 27.1. The minimum absolute atomic E-state index is 0.0924. The first-order valence-electron chi connectivity index (χ1n) is 7.58. The number of amides is 1. The number of benzene rings is 1. The van der Waals surface area contributed by atoms with Crippen LogP contribution in [0.15, 0.2) is 29.2 Å². The van der Waals surface area contributed by atoms with Gasteiger partial charge in [-0.25, -0.2) is 8.42 Å². The average Bonchev–Trinajstić information content (AvgIpc) is 2.95. The second kappa shape index (κ2) is 7.61. The largest absolute Gasteiger partial charge is 0.337 e. The number of nitrogens with one attached hydrogen (secondary N) is 2. The maximum absolute atomic E-state index is 12.5. The van der Waals surface area contributed by atoms with Gasteiger partial charge in [0.2, 0.25) is 15.9 Å². The van der Waals surface area contributed by atoms with Gasteiger partial charge in [-0.05, 0) is 51.1 Å². The molecule has 0 radical (unpaired) electrons. The zero-order valence-corrected chi connectivity index (χ0v) is 14.8. The molecule has 1 aromatic rings. The third-order valence-corrected chi connectivity index (χ3v) is 5.73. The van der Waals surface area contributed by atoms with E-state index in [1.165, 1.54) is 24.3 Å². The molecule has 1 aliphatic heterocycles. The number of carbonyl (C=O) groups is 1. The smallest absolute Gasteiger partial charge is 0.241 e. The summed E-state index contributed by atoms with van der Waals surface area (Å²) in [5, 5.41) is 3.53. The molecule has 0 saturated carbocycles. The number of hydrogen-bond acceptors (Lipinski definition) is 4. The van der Waals surface area contributed by atoms with Crippen molar-refractivity contribution >= 4 is 27.5 Å². The molecule has 0 bridgehead atoms. The van der Waals surface area contributed by atoms with Gasteiger partial charge < -0.3 is 10.2 Å². The molecule has 2 unspecified atom stereocenters. The molecule has 0 aliphatic carbocycles. The molecule has 1 fully saturated rings. The number of hydrogen-bond donors (Lipinski definition) is 2. The second-order valence-corrected chi connectivity index (χ2v) is 7.83. The summed E-state index contributed by atoms with van der Waals surface area (Å²) in [6.07, 6.45) is 1.87. The van der Waals surface area contributed by atoms with Crippen molar-refractivity contribution in [3.8, 4) is 0 Å². The number of nitrogens with zero attached hydrogens (tertiary/aromatic N) is 1. The molecule has 6 nitrogen and oxygen atoms in total. The van der Waals surface area contributed by atoms with Gasteiger partial charge in [0.05, 0.1) is 10.9 Å². The molecule has 0 spiro atoms. The Morgan fingerprint density at radius 1 is 1.39 bits per heavy atom. The third kappa shape index (κ3) is 4.44. The molecular formula is C15H22ClN3O3S. The molecule has 8 heteroatoms. The van der Waals surface area contributed by atoms with Gasteiger partial charge in [-0.15, -0.1) is 0 Å². The van der Waals surface area contributed by atoms with E-state index in [0.29, 0.717) is 18.1 Å². The van der Waals surface area contributed by atoms with Gasteiger partial charge >= 0.3 is 0 Å². The van der Waals surface area contributed by atoms with Gasteiger partial charge in [0, 0.05) is 24.2 Å². The highest BCUT2D eigenvalue weighted by Gasteiger charge is 2.32. The van der Waals surface area contributed by atoms with Gasteiger partial charge in [0.15, 0.2) is 0 Å². The number of likely N-dealkylation sites (tertiary alicyclic amines) is 1. The lowest BCUT2D eigenvalue weighted by Crippen LogP contribution is -2.50. The van der Waals surface area contributed by atoms with Crippen molar-refractivity contribution in [2.24, 2.45) is 0 Å². The molecule has 23 heavy (non-hydrogen) atoms. The van der Waals surface area contributed by atoms with Crippen LogP contribution in [0, 0.1) is 0 Å². The maximum atomic E-state index is 12.5. The van der Waals surface area contributed by atoms with E-state index in [4.69, 9.17) is 11.6 Å². The van der Waals surface area contributed by atoms with E-state index < -0.39 is 16.1 Å². The molecule has 2 N–H and O–H groups in total. The average molecular weight is 360 g/mol. The van der Waals surface area contributed by atoms with E-state index in [0.717, 1.165) is 12.8 Å². The monoisotopic (exact) mass is 359 g/mol. The van der Waals surface area contributed by atoms with E-state index in [-0.39, 0.29) is 16.8 Å². The van der Waals surface area contributed by atoms with Crippen molar-refractivity contribution in [3.63, 3.8) is 0 Å². The number of halogens is 1. The normalized spacial score (nSPS) is 19.8. The molecule has 2 atom stereocenters. The standard InChI is InChI=1S/C15H22ClN3O3S/c1-11(15(20)19-9-3-4-13(19)10-17-2)18-23(21,22)14-7-5-12(16)6-8-14/h5-8,11,13,17-18H,3-4,9-10H2,1-2H3. The predicted octanol–water partition coefficient (Wildman–Crippen LogP) is 1.22. The molecule has 1 saturated heterocycles. The number of carbonyl (C=O) groups excluding carboxylic acids is 1. The summed E-state index contributed by atoms with van der Waals surface area (Å²) >= 11 is 5.77. The molecule has 0 aromatic heterocycles. The van der Waals surface area contributed by atoms with Crippen LogP contribution in [0.2, 0.25) is 5.02 Å². The summed E-state index contributed by atoms with van der Waals surface area (Å²) in [6, 6.07) is 5.16. The zero-order chi connectivity index (χ0) is 17.0. The number of rotatable bonds is 6. The Bertz CT molecular complexity index is 648. The van der Waals surface area contributed by atoms with Crippen molar-refractivity contribution in [2.75, 3.05) is 20.1 Å². The van der Waals surface area contributed by atoms with Crippen LogP contribution < -0.4 is 10.0 Å². The molecular weight excluding hydrogens is 338 g/mol. The fourth-order valence-corrected chi connectivity index (χ4v) is 4.11. The Morgan fingerprint density at radius 2 is 2.04 bits per heavy atom. The van der Waals surface area contributed by atoms with Crippen molar-refractivity contribution in [3.05, 3.63) is 29.3 Å². The summed E-state index contributed by atoms with van der Waals surface area (Å²) in [5.74, 6) is -0.194. The Hall–Kier alpha value is -1.15. The van der Waals surface area contributed by atoms with Crippen molar-refractivity contribution in [2.45, 2.75) is 36.7 Å². The van der Waals surface area contributed by atoms with Crippen LogP contribution >= 0.6 is 11.6 Å². The van der Waals surface area contributed by atoms with E-state index in [1.807, 2.05) is 7.05 Å². The fraction of sp³-hybridized carbons (Fsp3) is 0.533. The summed E-state index contributed by atoms with van der Waals surface area (Å²) in [7, 11) is -1.91. The van der Waals surface area contributed by atoms with Gasteiger partial charge in [-0.3, -0.25) is 4.79 Å². The summed E-state index contributed by atoms with van der Waals surface area (Å²) in [5.41, 5.74) is 0. The number of likely N-dealkylation sites (N-methyl/N-ethyl adjacent to an activating group) is 1. The van der Waals surface area contributed by atoms with E-state index in [1.54, 1.807) is 11.8 Å². The lowest BCUT2D eigenvalue weighted by molar-refractivity contribution is -0.133. The first-order valence-corrected chi connectivity index (χ1v) is 9.44. The van der Waals surface area contributed by atoms with E-state index in [9.17, 15) is 13.2 Å². The van der Waals surface area contributed by atoms with Gasteiger partial charge in [-0.1, -0.05) is 11.6 Å². The lowest BCUT2D eigenvalue weighted by atomic mass is 10.2. The maximum Gasteiger partial charge on any atom is 0.241 e. The minimum atomic E-state index is -3.75. The minimum Gasteiger partial charge on any atom is -0.337 e. The van der Waals surface area contributed by atoms with Crippen LogP contribution in [0.1, 0.15) is 19.8 Å². The Labute approximate surface area is 142 Å². The quantitative estimate of drug-likeness (QED) is 0.800. The SMILES string of the molecule is CNCC1CCCN1C(=O)C(C)NS(=O)(=O)c1ccc(Cl)cc1. The Balaban J connectivity index is 2.06. The van der Waals surface area contributed by atoms with Crippen LogP contribution in [0.4, 0.5) is 0 Å². The van der Waals surface area contributed by atoms with Crippen LogP contribution in [0.5, 0.6) is 0 Å². The van der Waals surface area contributed by atoms with Crippen LogP contribution in [-0.2, 0) is 14.8 Å². The van der Waals surface area contributed by atoms with Gasteiger partial charge in [0.25, 0.3) is 0 Å². The van der Waals surface area contributed by atoms with Crippen molar-refractivity contribution in [1.29, 1.82) is 0 Å². The molecule has 1 aromatic carbocycles. The predicted molar refractivity (Wildman–Crippen MR) is 89.9 cm³/mol. The van der Waals surface area contributed by atoms with Gasteiger partial charge in [-0.2, -0.15) is 4.72 Å². The first-order chi connectivity index (χ1) is 10.8. The first kappa shape index (κ1) is 18.2. The topological polar surface area (TPSA) is 78.5 Å². The molecule has 2 rings (SSSR count). The van der Waals surface area contributed by atoms with Crippen LogP contribution in [-0.4, -0.2) is 51.4 Å². The highest BCUT2D eigenvalue weighted by Crippen LogP contribution is 2.19. The fourth-order valence-electron chi connectivity index (χ4n) is 2.79. The van der Waals surface area contributed by atoms with Gasteiger partial charge in [0.1, 0.15) is 0 Å². The Kier molecular flexibility index (Phi) is 6.02. The zero-order valence-electron chi connectivity index (χ0n) is 13.3.